The van der Waals surface area contributed by atoms with Crippen molar-refractivity contribution in [3.8, 4) is 0 Å². The van der Waals surface area contributed by atoms with Crippen LogP contribution in [0.1, 0.15) is 41.0 Å². The molecule has 0 aliphatic heterocycles. The Morgan fingerprint density at radius 2 is 1.88 bits per heavy atom. The average molecular weight is 231 g/mol. The van der Waals surface area contributed by atoms with Crippen molar-refractivity contribution < 1.29 is 14.6 Å². The number of carboxylic acids is 1. The molecule has 0 aliphatic carbocycles. The molecule has 0 aromatic rings. The van der Waals surface area contributed by atoms with Crippen LogP contribution in [0.25, 0.3) is 0 Å². The molecule has 0 fully saturated rings. The van der Waals surface area contributed by atoms with Gasteiger partial charge >= 0.3 is 5.97 Å². The summed E-state index contributed by atoms with van der Waals surface area (Å²) in [6, 6.07) is 0. The van der Waals surface area contributed by atoms with E-state index in [1.165, 1.54) is 0 Å². The fourth-order valence-corrected chi connectivity index (χ4v) is 1.23. The Bertz CT molecular complexity index is 223. The van der Waals surface area contributed by atoms with Crippen LogP contribution >= 0.6 is 0 Å². The van der Waals surface area contributed by atoms with Gasteiger partial charge in [-0.3, -0.25) is 4.79 Å². The lowest BCUT2D eigenvalue weighted by Crippen LogP contribution is -2.53. The van der Waals surface area contributed by atoms with Crippen molar-refractivity contribution in [1.82, 2.24) is 5.32 Å². The van der Waals surface area contributed by atoms with E-state index >= 15 is 0 Å². The summed E-state index contributed by atoms with van der Waals surface area (Å²) in [5.41, 5.74) is -0.759. The highest BCUT2D eigenvalue weighted by atomic mass is 16.5. The third kappa shape index (κ3) is 6.08. The molecule has 4 nitrogen and oxygen atoms in total. The van der Waals surface area contributed by atoms with E-state index in [1.54, 1.807) is 6.92 Å². The van der Waals surface area contributed by atoms with Crippen LogP contribution in [0.3, 0.4) is 0 Å². The molecule has 0 bridgehead atoms. The molecule has 0 aromatic carbocycles. The number of hydrogen-bond acceptors (Lipinski definition) is 3. The van der Waals surface area contributed by atoms with Crippen LogP contribution in [0.5, 0.6) is 0 Å². The summed E-state index contributed by atoms with van der Waals surface area (Å²) >= 11 is 0. The molecule has 4 heteroatoms. The molecule has 1 unspecified atom stereocenters. The van der Waals surface area contributed by atoms with E-state index in [2.05, 4.69) is 26.1 Å². The Balaban J connectivity index is 4.00. The van der Waals surface area contributed by atoms with Gasteiger partial charge in [0.15, 0.2) is 0 Å². The first-order valence-electron chi connectivity index (χ1n) is 5.77. The van der Waals surface area contributed by atoms with Crippen molar-refractivity contribution in [2.75, 3.05) is 19.8 Å². The average Bonchev–Trinajstić information content (AvgIpc) is 2.11. The lowest BCUT2D eigenvalue weighted by atomic mass is 9.93. The summed E-state index contributed by atoms with van der Waals surface area (Å²) in [7, 11) is 0. The Morgan fingerprint density at radius 3 is 2.25 bits per heavy atom. The summed E-state index contributed by atoms with van der Waals surface area (Å²) in [6.45, 7) is 11.4. The van der Waals surface area contributed by atoms with E-state index in [-0.39, 0.29) is 12.0 Å². The minimum Gasteiger partial charge on any atom is -0.480 e. The second-order valence-electron chi connectivity index (χ2n) is 5.53. The minimum absolute atomic E-state index is 0.201. The van der Waals surface area contributed by atoms with Crippen molar-refractivity contribution >= 4 is 5.97 Å². The normalized spacial score (nSPS) is 15.8. The summed E-state index contributed by atoms with van der Waals surface area (Å²) in [4.78, 5) is 11.1. The van der Waals surface area contributed by atoms with Crippen LogP contribution in [-0.4, -0.2) is 36.4 Å². The quantitative estimate of drug-likeness (QED) is 0.657. The molecule has 0 aromatic heterocycles. The molecule has 0 radical (unpaired) electrons. The maximum absolute atomic E-state index is 11.1. The van der Waals surface area contributed by atoms with Gasteiger partial charge in [-0.1, -0.05) is 27.7 Å². The zero-order valence-electron chi connectivity index (χ0n) is 11.1. The third-order valence-electron chi connectivity index (χ3n) is 2.43. The molecule has 1 atom stereocenters. The highest BCUT2D eigenvalue weighted by molar-refractivity contribution is 5.78. The zero-order valence-corrected chi connectivity index (χ0v) is 11.1. The van der Waals surface area contributed by atoms with E-state index in [0.29, 0.717) is 13.2 Å². The van der Waals surface area contributed by atoms with Crippen molar-refractivity contribution in [3.05, 3.63) is 0 Å². The molecule has 0 heterocycles. The number of rotatable bonds is 7. The van der Waals surface area contributed by atoms with Gasteiger partial charge in [-0.2, -0.15) is 0 Å². The van der Waals surface area contributed by atoms with Crippen molar-refractivity contribution in [1.29, 1.82) is 0 Å². The Hall–Kier alpha value is -0.610. The van der Waals surface area contributed by atoms with Gasteiger partial charge in [0.1, 0.15) is 5.54 Å². The zero-order chi connectivity index (χ0) is 12.8. The van der Waals surface area contributed by atoms with E-state index < -0.39 is 11.5 Å². The maximum Gasteiger partial charge on any atom is 0.326 e. The highest BCUT2D eigenvalue weighted by Crippen LogP contribution is 2.18. The van der Waals surface area contributed by atoms with Crippen LogP contribution < -0.4 is 5.32 Å². The van der Waals surface area contributed by atoms with Crippen molar-refractivity contribution in [2.24, 2.45) is 5.41 Å². The number of aliphatic carboxylic acids is 1. The molecule has 2 N–H and O–H groups in total. The SMILES string of the molecule is CCNC(C)(COCCC(C)(C)C)C(=O)O. The lowest BCUT2D eigenvalue weighted by molar-refractivity contribution is -0.147. The van der Waals surface area contributed by atoms with E-state index in [9.17, 15) is 4.79 Å². The van der Waals surface area contributed by atoms with Gasteiger partial charge in [-0.15, -0.1) is 0 Å². The van der Waals surface area contributed by atoms with Gasteiger partial charge < -0.3 is 15.2 Å². The van der Waals surface area contributed by atoms with Crippen LogP contribution in [0, 0.1) is 5.41 Å². The standard InChI is InChI=1S/C12H25NO3/c1-6-13-12(5,10(14)15)9-16-8-7-11(2,3)4/h13H,6-9H2,1-5H3,(H,14,15). The largest absolute Gasteiger partial charge is 0.480 e. The number of ether oxygens (including phenoxy) is 1. The Morgan fingerprint density at radius 1 is 1.31 bits per heavy atom. The lowest BCUT2D eigenvalue weighted by Gasteiger charge is -2.26. The topological polar surface area (TPSA) is 58.6 Å². The van der Waals surface area contributed by atoms with E-state index in [1.807, 2.05) is 6.92 Å². The second-order valence-corrected chi connectivity index (χ2v) is 5.53. The number of carbonyl (C=O) groups is 1. The molecule has 0 spiro atoms. The number of nitrogens with one attached hydrogen (secondary N) is 1. The fraction of sp³-hybridized carbons (Fsp3) is 0.917. The summed E-state index contributed by atoms with van der Waals surface area (Å²) in [6.07, 6.45) is 0.925. The highest BCUT2D eigenvalue weighted by Gasteiger charge is 2.32. The molecule has 0 saturated carbocycles. The van der Waals surface area contributed by atoms with Crippen molar-refractivity contribution in [2.45, 2.75) is 46.6 Å². The first-order valence-corrected chi connectivity index (χ1v) is 5.77. The van der Waals surface area contributed by atoms with Gasteiger partial charge in [0, 0.05) is 6.61 Å². The molecule has 0 aliphatic rings. The van der Waals surface area contributed by atoms with Crippen LogP contribution in [0.4, 0.5) is 0 Å². The van der Waals surface area contributed by atoms with Gasteiger partial charge in [0.2, 0.25) is 0 Å². The Labute approximate surface area is 98.4 Å². The molecule has 96 valence electrons. The number of hydrogen-bond donors (Lipinski definition) is 2. The minimum atomic E-state index is -0.980. The van der Waals surface area contributed by atoms with Crippen LogP contribution in [-0.2, 0) is 9.53 Å². The monoisotopic (exact) mass is 231 g/mol. The summed E-state index contributed by atoms with van der Waals surface area (Å²) in [5, 5.41) is 12.0. The van der Waals surface area contributed by atoms with E-state index in [4.69, 9.17) is 9.84 Å². The van der Waals surface area contributed by atoms with Gasteiger partial charge in [0.25, 0.3) is 0 Å². The van der Waals surface area contributed by atoms with Gasteiger partial charge in [-0.05, 0) is 25.3 Å². The molecule has 0 amide bonds. The second kappa shape index (κ2) is 6.21. The molecular formula is C12H25NO3. The first kappa shape index (κ1) is 15.4. The van der Waals surface area contributed by atoms with Crippen LogP contribution in [0.15, 0.2) is 0 Å². The predicted octanol–water partition coefficient (Wildman–Crippen LogP) is 1.89. The maximum atomic E-state index is 11.1. The predicted molar refractivity (Wildman–Crippen MR) is 64.6 cm³/mol. The third-order valence-corrected chi connectivity index (χ3v) is 2.43. The van der Waals surface area contributed by atoms with Gasteiger partial charge in [-0.25, -0.2) is 0 Å². The summed E-state index contributed by atoms with van der Waals surface area (Å²) < 4.78 is 5.45. The van der Waals surface area contributed by atoms with Gasteiger partial charge in [0.05, 0.1) is 6.61 Å². The number of carboxylic acid groups (broad SMARTS) is 1. The fourth-order valence-electron chi connectivity index (χ4n) is 1.23. The van der Waals surface area contributed by atoms with Crippen LogP contribution in [0.2, 0.25) is 0 Å². The smallest absolute Gasteiger partial charge is 0.326 e. The summed E-state index contributed by atoms with van der Waals surface area (Å²) in [5.74, 6) is -0.870. The number of likely N-dealkylation sites (N-methyl/N-ethyl adjacent to an activating group) is 1. The molecule has 0 saturated heterocycles. The first-order chi connectivity index (χ1) is 7.21. The molecule has 0 rings (SSSR count). The van der Waals surface area contributed by atoms with Crippen molar-refractivity contribution in [3.63, 3.8) is 0 Å². The van der Waals surface area contributed by atoms with E-state index in [0.717, 1.165) is 6.42 Å². The Kier molecular flexibility index (Phi) is 5.97. The molecule has 16 heavy (non-hydrogen) atoms. The molecular weight excluding hydrogens is 206 g/mol.